The molecule has 1 aromatic carbocycles. The average molecular weight is 539 g/mol. The molecule has 6 rings (SSSR count). The van der Waals surface area contributed by atoms with Crippen LogP contribution in [0.25, 0.3) is 22.2 Å². The van der Waals surface area contributed by atoms with Crippen LogP contribution in [-0.2, 0) is 0 Å². The smallest absolute Gasteiger partial charge is 0.128 e. The first-order valence-electron chi connectivity index (χ1n) is 12.3. The van der Waals surface area contributed by atoms with Gasteiger partial charge in [-0.2, -0.15) is 5.10 Å². The number of β-amino-alcohol motifs (C(OH)–C–C–N with tert-alkyl or cyclic N) is 1. The molecule has 1 aliphatic carbocycles. The van der Waals surface area contributed by atoms with Crippen molar-refractivity contribution in [2.24, 2.45) is 0 Å². The van der Waals surface area contributed by atoms with Crippen LogP contribution in [0.1, 0.15) is 38.4 Å². The summed E-state index contributed by atoms with van der Waals surface area (Å²) in [6, 6.07) is 9.86. The maximum absolute atomic E-state index is 10.1. The molecule has 1 atom stereocenters. The number of aromatic nitrogens is 4. The number of rotatable bonds is 8. The van der Waals surface area contributed by atoms with Gasteiger partial charge in [-0.05, 0) is 57.0 Å². The molecule has 1 aliphatic heterocycles. The molecule has 37 heavy (non-hydrogen) atoms. The SMILES string of the molecule is C[C@@H](Oc1ccc2[nH]nc(-c3ccc(N4CC(C)(NCC5(O)CC5)C4)nc3)c2c1)c1c(Cl)cncc1Cl. The van der Waals surface area contributed by atoms with E-state index >= 15 is 0 Å². The number of nitrogens with one attached hydrogen (secondary N) is 2. The second-order valence-corrected chi connectivity index (χ2v) is 11.3. The van der Waals surface area contributed by atoms with E-state index in [0.29, 0.717) is 27.9 Å². The first kappa shape index (κ1) is 24.4. The molecule has 10 heteroatoms. The topological polar surface area (TPSA) is 99.2 Å². The van der Waals surface area contributed by atoms with E-state index in [1.807, 2.05) is 43.5 Å². The zero-order valence-electron chi connectivity index (χ0n) is 20.6. The second-order valence-electron chi connectivity index (χ2n) is 10.5. The molecule has 2 aliphatic rings. The standard InChI is InChI=1S/C27H28Cl2N6O2/c1-16(24-20(28)11-30-12-21(24)29)37-18-4-5-22-19(9-18)25(34-33-22)17-3-6-23(31-10-17)35-14-26(2,15-35)32-13-27(36)7-8-27/h3-6,9-12,16,32,36H,7-8,13-15H2,1-2H3,(H,33,34)/t16-/m1/s1. The number of hydrogen-bond acceptors (Lipinski definition) is 7. The summed E-state index contributed by atoms with van der Waals surface area (Å²) in [6.07, 6.45) is 6.40. The molecule has 8 nitrogen and oxygen atoms in total. The van der Waals surface area contributed by atoms with Crippen LogP contribution in [0.4, 0.5) is 5.82 Å². The fourth-order valence-electron chi connectivity index (χ4n) is 4.84. The number of aromatic amines is 1. The van der Waals surface area contributed by atoms with Gasteiger partial charge in [0.15, 0.2) is 0 Å². The van der Waals surface area contributed by atoms with Crippen molar-refractivity contribution in [3.8, 4) is 17.0 Å². The predicted molar refractivity (Wildman–Crippen MR) is 145 cm³/mol. The molecular weight excluding hydrogens is 511 g/mol. The Kier molecular flexibility index (Phi) is 6.03. The number of ether oxygens (including phenoxy) is 1. The lowest BCUT2D eigenvalue weighted by Gasteiger charge is -2.49. The Morgan fingerprint density at radius 3 is 2.57 bits per heavy atom. The normalized spacial score (nSPS) is 18.5. The van der Waals surface area contributed by atoms with Gasteiger partial charge in [-0.15, -0.1) is 0 Å². The van der Waals surface area contributed by atoms with Crippen LogP contribution < -0.4 is 15.0 Å². The monoisotopic (exact) mass is 538 g/mol. The minimum Gasteiger partial charge on any atom is -0.486 e. The Morgan fingerprint density at radius 1 is 1.14 bits per heavy atom. The highest BCUT2D eigenvalue weighted by atomic mass is 35.5. The Bertz CT molecular complexity index is 1430. The summed E-state index contributed by atoms with van der Waals surface area (Å²) < 4.78 is 6.19. The summed E-state index contributed by atoms with van der Waals surface area (Å²) in [5, 5.41) is 23.1. The molecule has 1 saturated heterocycles. The molecule has 192 valence electrons. The van der Waals surface area contributed by atoms with Crippen LogP contribution >= 0.6 is 23.2 Å². The molecule has 4 aromatic rings. The van der Waals surface area contributed by atoms with Crippen LogP contribution in [0.5, 0.6) is 5.75 Å². The number of nitrogens with zero attached hydrogens (tertiary/aromatic N) is 4. The Labute approximate surface area is 225 Å². The first-order chi connectivity index (χ1) is 17.7. The Balaban J connectivity index is 1.16. The summed E-state index contributed by atoms with van der Waals surface area (Å²) in [4.78, 5) is 11.0. The molecule has 0 unspecified atom stereocenters. The van der Waals surface area contributed by atoms with Crippen molar-refractivity contribution in [1.29, 1.82) is 0 Å². The number of pyridine rings is 2. The highest BCUT2D eigenvalue weighted by molar-refractivity contribution is 6.35. The van der Waals surface area contributed by atoms with Gasteiger partial charge in [0.2, 0.25) is 0 Å². The van der Waals surface area contributed by atoms with E-state index in [9.17, 15) is 5.11 Å². The van der Waals surface area contributed by atoms with E-state index in [-0.39, 0.29) is 11.6 Å². The Hall–Kier alpha value is -2.91. The fraction of sp³-hybridized carbons (Fsp3) is 0.370. The molecular formula is C27H28Cl2N6O2. The number of benzene rings is 1. The highest BCUT2D eigenvalue weighted by Gasteiger charge is 2.45. The number of hydrogen-bond donors (Lipinski definition) is 3. The maximum atomic E-state index is 10.1. The van der Waals surface area contributed by atoms with Crippen molar-refractivity contribution in [2.45, 2.75) is 43.9 Å². The molecule has 4 heterocycles. The molecule has 3 N–H and O–H groups in total. The first-order valence-corrected chi connectivity index (χ1v) is 13.1. The van der Waals surface area contributed by atoms with Gasteiger partial charge in [0.25, 0.3) is 0 Å². The van der Waals surface area contributed by atoms with Gasteiger partial charge in [0.05, 0.1) is 26.7 Å². The number of aliphatic hydroxyl groups is 1. The van der Waals surface area contributed by atoms with Crippen molar-refractivity contribution in [3.05, 3.63) is 64.5 Å². The number of halogens is 2. The van der Waals surface area contributed by atoms with Gasteiger partial charge in [-0.3, -0.25) is 10.1 Å². The minimum atomic E-state index is -0.488. The minimum absolute atomic E-state index is 0.00464. The highest BCUT2D eigenvalue weighted by Crippen LogP contribution is 2.37. The van der Waals surface area contributed by atoms with Crippen molar-refractivity contribution in [2.75, 3.05) is 24.5 Å². The lowest BCUT2D eigenvalue weighted by Crippen LogP contribution is -2.68. The summed E-state index contributed by atoms with van der Waals surface area (Å²) in [6.45, 7) is 6.45. The van der Waals surface area contributed by atoms with E-state index in [1.54, 1.807) is 12.4 Å². The van der Waals surface area contributed by atoms with Crippen LogP contribution in [0, 0.1) is 0 Å². The maximum Gasteiger partial charge on any atom is 0.128 e. The van der Waals surface area contributed by atoms with E-state index < -0.39 is 5.60 Å². The third-order valence-corrected chi connectivity index (χ3v) is 7.84. The molecule has 0 spiro atoms. The van der Waals surface area contributed by atoms with Gasteiger partial charge >= 0.3 is 0 Å². The van der Waals surface area contributed by atoms with E-state index in [4.69, 9.17) is 32.9 Å². The van der Waals surface area contributed by atoms with Crippen LogP contribution in [-0.4, -0.2) is 56.0 Å². The van der Waals surface area contributed by atoms with E-state index in [2.05, 4.69) is 32.3 Å². The molecule has 0 bridgehead atoms. The van der Waals surface area contributed by atoms with E-state index in [1.165, 1.54) is 0 Å². The zero-order chi connectivity index (χ0) is 25.8. The fourth-order valence-corrected chi connectivity index (χ4v) is 5.51. The lowest BCUT2D eigenvalue weighted by molar-refractivity contribution is 0.127. The van der Waals surface area contributed by atoms with Crippen LogP contribution in [0.2, 0.25) is 10.0 Å². The summed E-state index contributed by atoms with van der Waals surface area (Å²) in [5.74, 6) is 1.61. The summed E-state index contributed by atoms with van der Waals surface area (Å²) in [5.41, 5.74) is 2.83. The van der Waals surface area contributed by atoms with Crippen molar-refractivity contribution < 1.29 is 9.84 Å². The van der Waals surface area contributed by atoms with Gasteiger partial charge in [-0.25, -0.2) is 4.98 Å². The predicted octanol–water partition coefficient (Wildman–Crippen LogP) is 5.16. The third kappa shape index (κ3) is 4.86. The van der Waals surface area contributed by atoms with Crippen LogP contribution in [0.15, 0.2) is 48.9 Å². The summed E-state index contributed by atoms with van der Waals surface area (Å²) >= 11 is 12.6. The number of anilines is 1. The van der Waals surface area contributed by atoms with E-state index in [0.717, 1.165) is 53.9 Å². The van der Waals surface area contributed by atoms with Crippen molar-refractivity contribution >= 4 is 39.9 Å². The third-order valence-electron chi connectivity index (χ3n) is 7.24. The van der Waals surface area contributed by atoms with Crippen molar-refractivity contribution in [3.63, 3.8) is 0 Å². The molecule has 0 amide bonds. The molecule has 1 saturated carbocycles. The number of fused-ring (bicyclic) bond motifs is 1. The van der Waals surface area contributed by atoms with Gasteiger partial charge < -0.3 is 20.1 Å². The van der Waals surface area contributed by atoms with Gasteiger partial charge in [0, 0.05) is 54.7 Å². The molecule has 0 radical (unpaired) electrons. The summed E-state index contributed by atoms with van der Waals surface area (Å²) in [7, 11) is 0. The van der Waals surface area contributed by atoms with Crippen molar-refractivity contribution in [1.82, 2.24) is 25.5 Å². The second kappa shape index (κ2) is 9.13. The largest absolute Gasteiger partial charge is 0.486 e. The zero-order valence-corrected chi connectivity index (χ0v) is 22.1. The van der Waals surface area contributed by atoms with Gasteiger partial charge in [-0.1, -0.05) is 23.2 Å². The average Bonchev–Trinajstić information content (AvgIpc) is 3.45. The van der Waals surface area contributed by atoms with Crippen LogP contribution in [0.3, 0.4) is 0 Å². The molecule has 3 aromatic heterocycles. The number of H-pyrrole nitrogens is 1. The lowest BCUT2D eigenvalue weighted by atomic mass is 9.91. The molecule has 2 fully saturated rings. The Morgan fingerprint density at radius 2 is 1.89 bits per heavy atom. The quantitative estimate of drug-likeness (QED) is 0.285. The van der Waals surface area contributed by atoms with Gasteiger partial charge in [0.1, 0.15) is 23.4 Å².